The Morgan fingerprint density at radius 2 is 1.52 bits per heavy atom. The first-order chi connectivity index (χ1) is 11.9. The quantitative estimate of drug-likeness (QED) is 0.551. The molecule has 0 aliphatic carbocycles. The van der Waals surface area contributed by atoms with Crippen molar-refractivity contribution in [2.75, 3.05) is 14.2 Å². The summed E-state index contributed by atoms with van der Waals surface area (Å²) in [5, 5.41) is 0. The first-order valence-corrected chi connectivity index (χ1v) is 8.91. The zero-order chi connectivity index (χ0) is 18.6. The van der Waals surface area contributed by atoms with E-state index in [0.29, 0.717) is 11.8 Å². The number of hydrogen-bond donors (Lipinski definition) is 0. The molecule has 0 saturated carbocycles. The van der Waals surface area contributed by atoms with Crippen molar-refractivity contribution in [2.45, 2.75) is 46.5 Å². The zero-order valence-corrected chi connectivity index (χ0v) is 16.5. The molecule has 0 aliphatic rings. The monoisotopic (exact) mass is 338 g/mol. The second-order valence-corrected chi connectivity index (χ2v) is 7.11. The molecule has 2 aromatic rings. The highest BCUT2D eigenvalue weighted by atomic mass is 16.5. The highest BCUT2D eigenvalue weighted by molar-refractivity contribution is 5.78. The van der Waals surface area contributed by atoms with Gasteiger partial charge >= 0.3 is 0 Å². The molecule has 0 bridgehead atoms. The Kier molecular flexibility index (Phi) is 6.30. The average molecular weight is 338 g/mol. The highest BCUT2D eigenvalue weighted by Crippen LogP contribution is 2.38. The van der Waals surface area contributed by atoms with Crippen molar-refractivity contribution >= 4 is 5.57 Å². The molecule has 2 rings (SSSR count). The van der Waals surface area contributed by atoms with Crippen molar-refractivity contribution in [3.05, 3.63) is 59.4 Å². The second-order valence-electron chi connectivity index (χ2n) is 7.11. The topological polar surface area (TPSA) is 18.5 Å². The molecule has 0 N–H and O–H groups in total. The summed E-state index contributed by atoms with van der Waals surface area (Å²) in [5.74, 6) is 1.78. The normalized spacial score (nSPS) is 12.0. The van der Waals surface area contributed by atoms with E-state index in [0.717, 1.165) is 16.9 Å². The summed E-state index contributed by atoms with van der Waals surface area (Å²) in [7, 11) is 3.39. The molecule has 0 amide bonds. The molecule has 0 spiro atoms. The zero-order valence-electron chi connectivity index (χ0n) is 16.5. The van der Waals surface area contributed by atoms with Crippen LogP contribution in [0.15, 0.2) is 42.7 Å². The molecule has 0 fully saturated rings. The Morgan fingerprint density at radius 3 is 2.00 bits per heavy atom. The van der Waals surface area contributed by atoms with E-state index in [2.05, 4.69) is 71.0 Å². The van der Waals surface area contributed by atoms with E-state index in [9.17, 15) is 0 Å². The van der Waals surface area contributed by atoms with E-state index in [-0.39, 0.29) is 0 Å². The van der Waals surface area contributed by atoms with Gasteiger partial charge in [-0.1, -0.05) is 45.9 Å². The lowest BCUT2D eigenvalue weighted by Crippen LogP contribution is -2.00. The number of ether oxygens (including phenoxy) is 2. The molecule has 0 saturated heterocycles. The van der Waals surface area contributed by atoms with Crippen LogP contribution in [-0.2, 0) is 4.74 Å². The number of methoxy groups -OCH3 is 2. The molecular weight excluding hydrogens is 308 g/mol. The molecule has 0 aromatic heterocycles. The molecule has 25 heavy (non-hydrogen) atoms. The largest absolute Gasteiger partial charge is 0.504 e. The van der Waals surface area contributed by atoms with Gasteiger partial charge in [0.2, 0.25) is 0 Å². The maximum Gasteiger partial charge on any atom is 0.120 e. The summed E-state index contributed by atoms with van der Waals surface area (Å²) >= 11 is 0. The SMILES string of the molecule is CO/C=C(\C)c1cc(OC)cc(-c2c(C(C)C)cccc2C(C)C)c1. The number of benzene rings is 2. The van der Waals surface area contributed by atoms with Crippen LogP contribution in [0.5, 0.6) is 5.75 Å². The van der Waals surface area contributed by atoms with Crippen LogP contribution in [0.25, 0.3) is 16.7 Å². The molecule has 134 valence electrons. The van der Waals surface area contributed by atoms with Gasteiger partial charge in [0.05, 0.1) is 20.5 Å². The predicted octanol–water partition coefficient (Wildman–Crippen LogP) is 6.62. The van der Waals surface area contributed by atoms with E-state index in [4.69, 9.17) is 9.47 Å². The molecule has 2 aromatic carbocycles. The summed E-state index contributed by atoms with van der Waals surface area (Å²) in [6.45, 7) is 11.1. The van der Waals surface area contributed by atoms with Gasteiger partial charge in [-0.3, -0.25) is 0 Å². The van der Waals surface area contributed by atoms with Crippen LogP contribution in [0.3, 0.4) is 0 Å². The van der Waals surface area contributed by atoms with Gasteiger partial charge in [0.25, 0.3) is 0 Å². The molecular formula is C23H30O2. The van der Waals surface area contributed by atoms with Gasteiger partial charge in [0, 0.05) is 0 Å². The summed E-state index contributed by atoms with van der Waals surface area (Å²) in [6, 6.07) is 13.1. The molecule has 0 aliphatic heterocycles. The summed E-state index contributed by atoms with van der Waals surface area (Å²) in [6.07, 6.45) is 1.77. The van der Waals surface area contributed by atoms with E-state index in [1.807, 2.05) is 0 Å². The molecule has 0 heterocycles. The van der Waals surface area contributed by atoms with Gasteiger partial charge < -0.3 is 9.47 Å². The van der Waals surface area contributed by atoms with Crippen LogP contribution >= 0.6 is 0 Å². The van der Waals surface area contributed by atoms with Crippen molar-refractivity contribution < 1.29 is 9.47 Å². The van der Waals surface area contributed by atoms with Gasteiger partial charge in [0.1, 0.15) is 5.75 Å². The first kappa shape index (κ1) is 19.1. The van der Waals surface area contributed by atoms with Gasteiger partial charge in [-0.05, 0) is 70.3 Å². The van der Waals surface area contributed by atoms with Gasteiger partial charge in [-0.15, -0.1) is 0 Å². The molecule has 2 nitrogen and oxygen atoms in total. The lowest BCUT2D eigenvalue weighted by atomic mass is 9.84. The van der Waals surface area contributed by atoms with Crippen LogP contribution in [0.4, 0.5) is 0 Å². The third-order valence-electron chi connectivity index (χ3n) is 4.55. The lowest BCUT2D eigenvalue weighted by Gasteiger charge is -2.21. The fourth-order valence-electron chi connectivity index (χ4n) is 3.22. The minimum absolute atomic E-state index is 0.457. The lowest BCUT2D eigenvalue weighted by molar-refractivity contribution is 0.339. The first-order valence-electron chi connectivity index (χ1n) is 8.91. The molecule has 2 heteroatoms. The minimum Gasteiger partial charge on any atom is -0.504 e. The van der Waals surface area contributed by atoms with Crippen molar-refractivity contribution in [3.8, 4) is 16.9 Å². The molecule has 0 atom stereocenters. The van der Waals surface area contributed by atoms with Gasteiger partial charge in [-0.25, -0.2) is 0 Å². The van der Waals surface area contributed by atoms with Gasteiger partial charge in [0.15, 0.2) is 0 Å². The van der Waals surface area contributed by atoms with Crippen LogP contribution in [-0.4, -0.2) is 14.2 Å². The standard InChI is InChI=1S/C23H30O2/c1-15(2)21-9-8-10-22(16(3)4)23(21)19-11-18(17(5)14-24-6)12-20(13-19)25-7/h8-16H,1-7H3/b17-14+. The highest BCUT2D eigenvalue weighted by Gasteiger charge is 2.17. The minimum atomic E-state index is 0.457. The summed E-state index contributed by atoms with van der Waals surface area (Å²) in [4.78, 5) is 0. The Bertz CT molecular complexity index is 728. The molecule has 0 radical (unpaired) electrons. The predicted molar refractivity (Wildman–Crippen MR) is 107 cm³/mol. The van der Waals surface area contributed by atoms with Crippen LogP contribution < -0.4 is 4.74 Å². The Labute approximate surface area is 152 Å². The third kappa shape index (κ3) is 4.25. The number of hydrogen-bond acceptors (Lipinski definition) is 2. The van der Waals surface area contributed by atoms with Crippen LogP contribution in [0, 0.1) is 0 Å². The fraction of sp³-hybridized carbons (Fsp3) is 0.391. The van der Waals surface area contributed by atoms with Crippen LogP contribution in [0.2, 0.25) is 0 Å². The van der Waals surface area contributed by atoms with Crippen LogP contribution in [0.1, 0.15) is 63.1 Å². The Balaban J connectivity index is 2.77. The summed E-state index contributed by atoms with van der Waals surface area (Å²) in [5.41, 5.74) is 7.47. The van der Waals surface area contributed by atoms with E-state index in [1.54, 1.807) is 20.5 Å². The number of rotatable bonds is 6. The maximum absolute atomic E-state index is 5.58. The summed E-state index contributed by atoms with van der Waals surface area (Å²) < 4.78 is 10.8. The van der Waals surface area contributed by atoms with Crippen molar-refractivity contribution in [3.63, 3.8) is 0 Å². The Morgan fingerprint density at radius 1 is 0.920 bits per heavy atom. The fourth-order valence-corrected chi connectivity index (χ4v) is 3.22. The van der Waals surface area contributed by atoms with E-state index in [1.165, 1.54) is 22.3 Å². The third-order valence-corrected chi connectivity index (χ3v) is 4.55. The van der Waals surface area contributed by atoms with E-state index < -0.39 is 0 Å². The van der Waals surface area contributed by atoms with Crippen molar-refractivity contribution in [1.29, 1.82) is 0 Å². The second kappa shape index (κ2) is 8.24. The average Bonchev–Trinajstić information content (AvgIpc) is 2.60. The Hall–Kier alpha value is -2.22. The van der Waals surface area contributed by atoms with Gasteiger partial charge in [-0.2, -0.15) is 0 Å². The van der Waals surface area contributed by atoms with Crippen molar-refractivity contribution in [2.24, 2.45) is 0 Å². The van der Waals surface area contributed by atoms with E-state index >= 15 is 0 Å². The smallest absolute Gasteiger partial charge is 0.120 e. The number of allylic oxidation sites excluding steroid dienone is 1. The maximum atomic E-state index is 5.58. The van der Waals surface area contributed by atoms with Crippen molar-refractivity contribution in [1.82, 2.24) is 0 Å². The molecule has 0 unspecified atom stereocenters.